The Morgan fingerprint density at radius 1 is 1.20 bits per heavy atom. The fraction of sp³-hybridized carbons (Fsp3) is 0.222. The largest absolute Gasteiger partial charge is 0.493 e. The first kappa shape index (κ1) is 19.5. The van der Waals surface area contributed by atoms with Gasteiger partial charge < -0.3 is 9.47 Å². The number of hydrazone groups is 1. The van der Waals surface area contributed by atoms with Crippen molar-refractivity contribution in [2.75, 3.05) is 7.11 Å². The van der Waals surface area contributed by atoms with Crippen LogP contribution in [0.3, 0.4) is 0 Å². The molecule has 1 amide bonds. The van der Waals surface area contributed by atoms with Gasteiger partial charge in [0.25, 0.3) is 5.91 Å². The average Bonchev–Trinajstić information content (AvgIpc) is 2.57. The van der Waals surface area contributed by atoms with Gasteiger partial charge in [0.1, 0.15) is 0 Å². The predicted molar refractivity (Wildman–Crippen MR) is 106 cm³/mol. The van der Waals surface area contributed by atoms with E-state index in [9.17, 15) is 4.79 Å². The highest BCUT2D eigenvalue weighted by Gasteiger charge is 2.13. The standard InChI is InChI=1S/C18H18Br2N2O3/c1-11(2)25-17-15(20)8-12(9-16(17)24-3)10-21-22-18(23)13-6-4-5-7-14(13)19/h4-11H,1-3H3,(H,22,23)/b21-10+. The number of methoxy groups -OCH3 is 1. The fourth-order valence-electron chi connectivity index (χ4n) is 2.04. The number of amides is 1. The van der Waals surface area contributed by atoms with Crippen LogP contribution in [0, 0.1) is 0 Å². The molecular weight excluding hydrogens is 452 g/mol. The molecule has 0 spiro atoms. The van der Waals surface area contributed by atoms with Crippen LogP contribution in [-0.4, -0.2) is 25.3 Å². The number of nitrogens with zero attached hydrogens (tertiary/aromatic N) is 1. The van der Waals surface area contributed by atoms with Crippen LogP contribution in [0.25, 0.3) is 0 Å². The number of nitrogens with one attached hydrogen (secondary N) is 1. The second kappa shape index (κ2) is 9.01. The predicted octanol–water partition coefficient (Wildman–Crippen LogP) is 4.77. The summed E-state index contributed by atoms with van der Waals surface area (Å²) in [4.78, 5) is 12.1. The highest BCUT2D eigenvalue weighted by molar-refractivity contribution is 9.10. The second-order valence-corrected chi connectivity index (χ2v) is 7.09. The van der Waals surface area contributed by atoms with E-state index in [1.807, 2.05) is 26.0 Å². The van der Waals surface area contributed by atoms with Gasteiger partial charge in [-0.25, -0.2) is 5.43 Å². The number of carbonyl (C=O) groups is 1. The van der Waals surface area contributed by atoms with Gasteiger partial charge in [0, 0.05) is 4.47 Å². The van der Waals surface area contributed by atoms with Crippen molar-refractivity contribution in [2.45, 2.75) is 20.0 Å². The molecule has 0 aliphatic heterocycles. The number of rotatable bonds is 6. The SMILES string of the molecule is COc1cc(/C=N/NC(=O)c2ccccc2Br)cc(Br)c1OC(C)C. The Hall–Kier alpha value is -1.86. The molecule has 0 atom stereocenters. The Bertz CT molecular complexity index is 792. The lowest BCUT2D eigenvalue weighted by Crippen LogP contribution is -2.18. The van der Waals surface area contributed by atoms with Crippen molar-refractivity contribution in [2.24, 2.45) is 5.10 Å². The smallest absolute Gasteiger partial charge is 0.272 e. The van der Waals surface area contributed by atoms with Crippen LogP contribution in [0.1, 0.15) is 29.8 Å². The molecule has 1 N–H and O–H groups in total. The van der Waals surface area contributed by atoms with Crippen LogP contribution in [0.4, 0.5) is 0 Å². The zero-order chi connectivity index (χ0) is 18.4. The molecule has 0 aromatic heterocycles. The Kier molecular flexibility index (Phi) is 7.01. The Morgan fingerprint density at radius 2 is 1.92 bits per heavy atom. The zero-order valence-electron chi connectivity index (χ0n) is 14.0. The minimum Gasteiger partial charge on any atom is -0.493 e. The number of benzene rings is 2. The molecule has 0 radical (unpaired) electrons. The molecule has 0 unspecified atom stereocenters. The van der Waals surface area contributed by atoms with E-state index in [0.717, 1.165) is 10.0 Å². The maximum Gasteiger partial charge on any atom is 0.272 e. The summed E-state index contributed by atoms with van der Waals surface area (Å²) in [6.07, 6.45) is 1.56. The molecule has 0 saturated carbocycles. The van der Waals surface area contributed by atoms with Crippen molar-refractivity contribution in [3.05, 3.63) is 56.5 Å². The Labute approximate surface area is 163 Å². The van der Waals surface area contributed by atoms with Gasteiger partial charge in [-0.1, -0.05) is 12.1 Å². The third-order valence-corrected chi connectivity index (χ3v) is 4.38. The van der Waals surface area contributed by atoms with Gasteiger partial charge in [-0.15, -0.1) is 0 Å². The van der Waals surface area contributed by atoms with Crippen LogP contribution in [0.15, 0.2) is 50.4 Å². The van der Waals surface area contributed by atoms with E-state index in [2.05, 4.69) is 42.4 Å². The fourth-order valence-corrected chi connectivity index (χ4v) is 3.05. The first-order chi connectivity index (χ1) is 11.9. The summed E-state index contributed by atoms with van der Waals surface area (Å²) in [5.74, 6) is 0.920. The molecule has 0 aliphatic carbocycles. The van der Waals surface area contributed by atoms with Crippen molar-refractivity contribution in [1.82, 2.24) is 5.43 Å². The van der Waals surface area contributed by atoms with Crippen molar-refractivity contribution in [3.8, 4) is 11.5 Å². The van der Waals surface area contributed by atoms with E-state index >= 15 is 0 Å². The third kappa shape index (κ3) is 5.31. The quantitative estimate of drug-likeness (QED) is 0.489. The van der Waals surface area contributed by atoms with Crippen molar-refractivity contribution >= 4 is 44.0 Å². The molecule has 7 heteroatoms. The average molecular weight is 470 g/mol. The van der Waals surface area contributed by atoms with Crippen molar-refractivity contribution in [3.63, 3.8) is 0 Å². The minimum atomic E-state index is -0.297. The van der Waals surface area contributed by atoms with Crippen LogP contribution in [-0.2, 0) is 0 Å². The van der Waals surface area contributed by atoms with Gasteiger partial charge in [-0.3, -0.25) is 4.79 Å². The summed E-state index contributed by atoms with van der Waals surface area (Å²) < 4.78 is 12.6. The Balaban J connectivity index is 2.14. The maximum atomic E-state index is 12.1. The molecule has 0 fully saturated rings. The summed E-state index contributed by atoms with van der Waals surface area (Å²) in [5.41, 5.74) is 3.77. The molecule has 5 nitrogen and oxygen atoms in total. The lowest BCUT2D eigenvalue weighted by molar-refractivity contribution is 0.0954. The molecule has 132 valence electrons. The van der Waals surface area contributed by atoms with E-state index in [0.29, 0.717) is 21.5 Å². The first-order valence-corrected chi connectivity index (χ1v) is 9.13. The minimum absolute atomic E-state index is 0.0216. The topological polar surface area (TPSA) is 59.9 Å². The van der Waals surface area contributed by atoms with Gasteiger partial charge in [-0.05, 0) is 75.5 Å². The van der Waals surface area contributed by atoms with E-state index in [1.54, 1.807) is 37.6 Å². The van der Waals surface area contributed by atoms with Crippen molar-refractivity contribution in [1.29, 1.82) is 0 Å². The molecule has 2 rings (SSSR count). The monoisotopic (exact) mass is 468 g/mol. The zero-order valence-corrected chi connectivity index (χ0v) is 17.2. The third-order valence-electron chi connectivity index (χ3n) is 3.10. The van der Waals surface area contributed by atoms with Gasteiger partial charge in [0.05, 0.1) is 29.5 Å². The number of carbonyl (C=O) groups excluding carboxylic acids is 1. The van der Waals surface area contributed by atoms with E-state index in [1.165, 1.54) is 0 Å². The first-order valence-electron chi connectivity index (χ1n) is 7.54. The lowest BCUT2D eigenvalue weighted by atomic mass is 10.2. The molecule has 2 aromatic rings. The summed E-state index contributed by atoms with van der Waals surface area (Å²) in [6.45, 7) is 3.89. The van der Waals surface area contributed by atoms with Crippen LogP contribution in [0.2, 0.25) is 0 Å². The van der Waals surface area contributed by atoms with Crippen LogP contribution in [0.5, 0.6) is 11.5 Å². The summed E-state index contributed by atoms with van der Waals surface area (Å²) in [5, 5.41) is 4.00. The van der Waals surface area contributed by atoms with Gasteiger partial charge >= 0.3 is 0 Å². The summed E-state index contributed by atoms with van der Waals surface area (Å²) in [6, 6.07) is 10.8. The second-order valence-electron chi connectivity index (χ2n) is 5.38. The lowest BCUT2D eigenvalue weighted by Gasteiger charge is -2.15. The molecule has 2 aromatic carbocycles. The summed E-state index contributed by atoms with van der Waals surface area (Å²) in [7, 11) is 1.57. The Morgan fingerprint density at radius 3 is 2.56 bits per heavy atom. The molecule has 0 heterocycles. The van der Waals surface area contributed by atoms with E-state index < -0.39 is 0 Å². The molecular formula is C18H18Br2N2O3. The van der Waals surface area contributed by atoms with Gasteiger partial charge in [0.2, 0.25) is 0 Å². The maximum absolute atomic E-state index is 12.1. The highest BCUT2D eigenvalue weighted by Crippen LogP contribution is 2.36. The van der Waals surface area contributed by atoms with Crippen molar-refractivity contribution < 1.29 is 14.3 Å². The van der Waals surface area contributed by atoms with E-state index in [-0.39, 0.29) is 12.0 Å². The van der Waals surface area contributed by atoms with Crippen LogP contribution >= 0.6 is 31.9 Å². The normalized spacial score (nSPS) is 11.0. The molecule has 25 heavy (non-hydrogen) atoms. The molecule has 0 saturated heterocycles. The van der Waals surface area contributed by atoms with Gasteiger partial charge in [-0.2, -0.15) is 5.10 Å². The van der Waals surface area contributed by atoms with E-state index in [4.69, 9.17) is 9.47 Å². The van der Waals surface area contributed by atoms with Crippen LogP contribution < -0.4 is 14.9 Å². The number of ether oxygens (including phenoxy) is 2. The van der Waals surface area contributed by atoms with Gasteiger partial charge in [0.15, 0.2) is 11.5 Å². The number of hydrogen-bond donors (Lipinski definition) is 1. The number of hydrogen-bond acceptors (Lipinski definition) is 4. The molecule has 0 aliphatic rings. The summed E-state index contributed by atoms with van der Waals surface area (Å²) >= 11 is 6.81. The highest BCUT2D eigenvalue weighted by atomic mass is 79.9. The molecule has 0 bridgehead atoms. The number of halogens is 2.